The first-order valence-corrected chi connectivity index (χ1v) is 5.94. The Morgan fingerprint density at radius 2 is 1.76 bits per heavy atom. The maximum absolute atomic E-state index is 10.9. The molecule has 9 nitrogen and oxygen atoms in total. The predicted molar refractivity (Wildman–Crippen MR) is 73.4 cm³/mol. The molecule has 0 atom stereocenters. The number of rotatable bonds is 6. The molecule has 110 valence electrons. The maximum atomic E-state index is 10.9. The normalized spacial score (nSPS) is 10.0. The average molecular weight is 291 g/mol. The van der Waals surface area contributed by atoms with E-state index >= 15 is 0 Å². The summed E-state index contributed by atoms with van der Waals surface area (Å²) < 4.78 is 9.84. The van der Waals surface area contributed by atoms with Crippen molar-refractivity contribution in [3.05, 3.63) is 39.9 Å². The molecular formula is C12H13N5O4. The molecule has 0 radical (unpaired) electrons. The van der Waals surface area contributed by atoms with Gasteiger partial charge in [-0.15, -0.1) is 4.98 Å². The zero-order valence-corrected chi connectivity index (χ0v) is 11.4. The topological polar surface area (TPSA) is 112 Å². The molecule has 0 saturated carbocycles. The zero-order chi connectivity index (χ0) is 15.2. The summed E-state index contributed by atoms with van der Waals surface area (Å²) in [5.74, 6) is 0.205. The molecule has 0 aliphatic heterocycles. The number of nitro benzene ring substituents is 1. The van der Waals surface area contributed by atoms with Crippen LogP contribution >= 0.6 is 0 Å². The SMILES string of the molecule is COc1nc(NCc2ccccc2[N+](=O)[O-])nc(OC)n1. The molecule has 1 heterocycles. The first kappa shape index (κ1) is 14.4. The van der Waals surface area contributed by atoms with E-state index in [1.807, 2.05) is 0 Å². The highest BCUT2D eigenvalue weighted by molar-refractivity contribution is 5.42. The molecule has 0 aliphatic rings. The monoisotopic (exact) mass is 291 g/mol. The van der Waals surface area contributed by atoms with Crippen molar-refractivity contribution in [2.24, 2.45) is 0 Å². The van der Waals surface area contributed by atoms with Gasteiger partial charge in [0.1, 0.15) is 0 Å². The van der Waals surface area contributed by atoms with Gasteiger partial charge in [0.05, 0.1) is 19.1 Å². The second-order valence-electron chi connectivity index (χ2n) is 3.87. The van der Waals surface area contributed by atoms with Crippen LogP contribution in [-0.4, -0.2) is 34.1 Å². The van der Waals surface area contributed by atoms with E-state index in [1.54, 1.807) is 18.2 Å². The second kappa shape index (κ2) is 6.46. The van der Waals surface area contributed by atoms with Crippen molar-refractivity contribution in [2.75, 3.05) is 19.5 Å². The summed E-state index contributed by atoms with van der Waals surface area (Å²) in [6.07, 6.45) is 0. The third kappa shape index (κ3) is 3.53. The van der Waals surface area contributed by atoms with Crippen molar-refractivity contribution in [3.63, 3.8) is 0 Å². The van der Waals surface area contributed by atoms with Crippen molar-refractivity contribution in [3.8, 4) is 12.0 Å². The largest absolute Gasteiger partial charge is 0.467 e. The van der Waals surface area contributed by atoms with Crippen LogP contribution < -0.4 is 14.8 Å². The van der Waals surface area contributed by atoms with Gasteiger partial charge in [-0.3, -0.25) is 10.1 Å². The van der Waals surface area contributed by atoms with Crippen LogP contribution in [0.5, 0.6) is 12.0 Å². The van der Waals surface area contributed by atoms with Crippen molar-refractivity contribution in [2.45, 2.75) is 6.54 Å². The number of nitrogens with zero attached hydrogens (tertiary/aromatic N) is 4. The highest BCUT2D eigenvalue weighted by Crippen LogP contribution is 2.19. The van der Waals surface area contributed by atoms with Gasteiger partial charge in [-0.1, -0.05) is 18.2 Å². The molecule has 0 amide bonds. The summed E-state index contributed by atoms with van der Waals surface area (Å²) in [5.41, 5.74) is 0.541. The van der Waals surface area contributed by atoms with E-state index in [2.05, 4.69) is 20.3 Å². The molecule has 1 aromatic carbocycles. The van der Waals surface area contributed by atoms with Crippen LogP contribution in [0, 0.1) is 10.1 Å². The molecule has 0 spiro atoms. The molecular weight excluding hydrogens is 278 g/mol. The van der Waals surface area contributed by atoms with Crippen molar-refractivity contribution in [1.82, 2.24) is 15.0 Å². The minimum Gasteiger partial charge on any atom is -0.467 e. The number of methoxy groups -OCH3 is 2. The Morgan fingerprint density at radius 3 is 2.33 bits per heavy atom. The number of hydrogen-bond donors (Lipinski definition) is 1. The fraction of sp³-hybridized carbons (Fsp3) is 0.250. The molecule has 0 aliphatic carbocycles. The van der Waals surface area contributed by atoms with Crippen molar-refractivity contribution in [1.29, 1.82) is 0 Å². The van der Waals surface area contributed by atoms with Crippen LogP contribution in [0.25, 0.3) is 0 Å². The second-order valence-corrected chi connectivity index (χ2v) is 3.87. The molecule has 0 unspecified atom stereocenters. The van der Waals surface area contributed by atoms with Crippen LogP contribution in [-0.2, 0) is 6.54 Å². The van der Waals surface area contributed by atoms with Gasteiger partial charge in [0.2, 0.25) is 5.95 Å². The molecule has 0 fully saturated rings. The van der Waals surface area contributed by atoms with E-state index in [1.165, 1.54) is 20.3 Å². The highest BCUT2D eigenvalue weighted by atomic mass is 16.6. The quantitative estimate of drug-likeness (QED) is 0.628. The highest BCUT2D eigenvalue weighted by Gasteiger charge is 2.13. The molecule has 9 heteroatoms. The molecule has 2 aromatic rings. The Morgan fingerprint density at radius 1 is 1.14 bits per heavy atom. The summed E-state index contributed by atoms with van der Waals surface area (Å²) in [6.45, 7) is 0.188. The first-order chi connectivity index (χ1) is 10.1. The lowest BCUT2D eigenvalue weighted by atomic mass is 10.2. The Balaban J connectivity index is 2.18. The van der Waals surface area contributed by atoms with E-state index < -0.39 is 4.92 Å². The summed E-state index contributed by atoms with van der Waals surface area (Å²) in [6, 6.07) is 6.60. The number of hydrogen-bond acceptors (Lipinski definition) is 8. The van der Waals surface area contributed by atoms with Crippen molar-refractivity contribution >= 4 is 11.6 Å². The number of nitro groups is 1. The Labute approximate surface area is 120 Å². The van der Waals surface area contributed by atoms with Crippen LogP contribution in [0.1, 0.15) is 5.56 Å². The molecule has 0 saturated heterocycles. The number of nitrogens with one attached hydrogen (secondary N) is 1. The van der Waals surface area contributed by atoms with E-state index in [0.29, 0.717) is 5.56 Å². The van der Waals surface area contributed by atoms with Crippen molar-refractivity contribution < 1.29 is 14.4 Å². The Kier molecular flexibility index (Phi) is 4.44. The number of para-hydroxylation sites is 1. The van der Waals surface area contributed by atoms with Gasteiger partial charge >= 0.3 is 12.0 Å². The third-order valence-electron chi connectivity index (χ3n) is 2.58. The van der Waals surface area contributed by atoms with Crippen LogP contribution in [0.4, 0.5) is 11.6 Å². The number of anilines is 1. The van der Waals surface area contributed by atoms with Gasteiger partial charge < -0.3 is 14.8 Å². The molecule has 2 rings (SSSR count). The summed E-state index contributed by atoms with van der Waals surface area (Å²) in [5, 5.41) is 13.8. The number of ether oxygens (including phenoxy) is 2. The lowest BCUT2D eigenvalue weighted by molar-refractivity contribution is -0.385. The minimum atomic E-state index is -0.439. The average Bonchev–Trinajstić information content (AvgIpc) is 2.52. The third-order valence-corrected chi connectivity index (χ3v) is 2.58. The summed E-state index contributed by atoms with van der Waals surface area (Å²) >= 11 is 0. The fourth-order valence-corrected chi connectivity index (χ4v) is 1.61. The number of benzene rings is 1. The molecule has 1 N–H and O–H groups in total. The molecule has 21 heavy (non-hydrogen) atoms. The summed E-state index contributed by atoms with van der Waals surface area (Å²) in [7, 11) is 2.83. The van der Waals surface area contributed by atoms with Gasteiger partial charge in [-0.2, -0.15) is 9.97 Å². The fourth-order valence-electron chi connectivity index (χ4n) is 1.61. The van der Waals surface area contributed by atoms with E-state index in [0.717, 1.165) is 0 Å². The van der Waals surface area contributed by atoms with E-state index in [4.69, 9.17) is 9.47 Å². The van der Waals surface area contributed by atoms with Gasteiger partial charge in [0, 0.05) is 18.2 Å². The van der Waals surface area contributed by atoms with Gasteiger partial charge in [0.25, 0.3) is 5.69 Å². The summed E-state index contributed by atoms with van der Waals surface area (Å²) in [4.78, 5) is 22.3. The van der Waals surface area contributed by atoms with Crippen LogP contribution in [0.15, 0.2) is 24.3 Å². The lowest BCUT2D eigenvalue weighted by Gasteiger charge is -2.07. The van der Waals surface area contributed by atoms with Gasteiger partial charge in [-0.05, 0) is 0 Å². The van der Waals surface area contributed by atoms with Gasteiger partial charge in [0.15, 0.2) is 0 Å². The van der Waals surface area contributed by atoms with Crippen LogP contribution in [0.2, 0.25) is 0 Å². The maximum Gasteiger partial charge on any atom is 0.324 e. The lowest BCUT2D eigenvalue weighted by Crippen LogP contribution is -2.08. The first-order valence-electron chi connectivity index (χ1n) is 5.94. The predicted octanol–water partition coefficient (Wildman–Crippen LogP) is 1.41. The van der Waals surface area contributed by atoms with E-state index in [-0.39, 0.29) is 30.2 Å². The smallest absolute Gasteiger partial charge is 0.324 e. The number of aromatic nitrogens is 3. The Hall–Kier alpha value is -2.97. The molecule has 0 bridgehead atoms. The minimum absolute atomic E-state index is 0.0259. The molecule has 1 aromatic heterocycles. The standard InChI is InChI=1S/C12H13N5O4/c1-20-11-14-10(15-12(16-11)21-2)13-7-8-5-3-4-6-9(8)17(18)19/h3-6H,7H2,1-2H3,(H,13,14,15,16). The van der Waals surface area contributed by atoms with Crippen LogP contribution in [0.3, 0.4) is 0 Å². The van der Waals surface area contributed by atoms with E-state index in [9.17, 15) is 10.1 Å². The zero-order valence-electron chi connectivity index (χ0n) is 11.4. The Bertz CT molecular complexity index is 627. The van der Waals surface area contributed by atoms with Gasteiger partial charge in [-0.25, -0.2) is 0 Å².